The molecule has 0 N–H and O–H groups in total. The normalized spacial score (nSPS) is 14.8. The van der Waals surface area contributed by atoms with Gasteiger partial charge in [-0.1, -0.05) is 115 Å². The van der Waals surface area contributed by atoms with Crippen LogP contribution in [0.5, 0.6) is 0 Å². The molecule has 0 fully saturated rings. The van der Waals surface area contributed by atoms with Crippen molar-refractivity contribution in [3.8, 4) is 22.5 Å². The average Bonchev–Trinajstić information content (AvgIpc) is 3.68. The summed E-state index contributed by atoms with van der Waals surface area (Å²) in [6.07, 6.45) is 9.10. The number of allylic oxidation sites excluding steroid dienone is 3. The first-order chi connectivity index (χ1) is 24.3. The molecular weight excluding hydrogens is 591 g/mol. The molecule has 9 aromatic rings. The number of aromatic nitrogens is 2. The zero-order chi connectivity index (χ0) is 31.5. The second kappa shape index (κ2) is 8.50. The Kier molecular flexibility index (Phi) is 4.34. The largest absolute Gasteiger partial charge is 0.310 e. The molecule has 224 valence electrons. The molecule has 2 aliphatic heterocycles. The van der Waals surface area contributed by atoms with Gasteiger partial charge in [0.2, 0.25) is 0 Å². The molecule has 0 atom stereocenters. The minimum absolute atomic E-state index is 0.152. The topological polar surface area (TPSA) is 9.86 Å². The Labute approximate surface area is 282 Å². The van der Waals surface area contributed by atoms with Crippen LogP contribution >= 0.6 is 0 Å². The summed E-state index contributed by atoms with van der Waals surface area (Å²) < 4.78 is 5.18. The third-order valence-corrected chi connectivity index (χ3v) is 12.1. The summed E-state index contributed by atoms with van der Waals surface area (Å²) in [6.45, 7) is 0.152. The smallest absolute Gasteiger partial charge is 0.252 e. The van der Waals surface area contributed by atoms with Crippen LogP contribution in [0.1, 0.15) is 23.1 Å². The molecule has 2 aliphatic carbocycles. The maximum absolute atomic E-state index is 2.59. The maximum Gasteiger partial charge on any atom is 0.252 e. The Bertz CT molecular complexity index is 2970. The number of hydrogen-bond acceptors (Lipinski definition) is 0. The van der Waals surface area contributed by atoms with Crippen molar-refractivity contribution in [2.75, 3.05) is 0 Å². The molecule has 0 amide bonds. The summed E-state index contributed by atoms with van der Waals surface area (Å²) in [5, 5.41) is 8.10. The predicted molar refractivity (Wildman–Crippen MR) is 208 cm³/mol. The van der Waals surface area contributed by atoms with E-state index in [2.05, 4.69) is 149 Å². The lowest BCUT2D eigenvalue weighted by molar-refractivity contribution is 1.14. The summed E-state index contributed by atoms with van der Waals surface area (Å²) in [4.78, 5) is 0. The first kappa shape index (κ1) is 25.0. The Morgan fingerprint density at radius 3 is 1.90 bits per heavy atom. The van der Waals surface area contributed by atoms with Gasteiger partial charge in [0.25, 0.3) is 6.71 Å². The fraction of sp³-hybridized carbons (Fsp3) is 0.0435. The molecular formula is C46H27BN2. The molecule has 0 saturated heterocycles. The Hall–Kier alpha value is -6.06. The van der Waals surface area contributed by atoms with Crippen LogP contribution in [-0.2, 0) is 6.42 Å². The first-order valence-electron chi connectivity index (χ1n) is 17.5. The molecule has 0 saturated carbocycles. The summed E-state index contributed by atoms with van der Waals surface area (Å²) in [5.74, 6) is 0. The van der Waals surface area contributed by atoms with Crippen LogP contribution in [0.2, 0.25) is 0 Å². The van der Waals surface area contributed by atoms with Gasteiger partial charge in [-0.25, -0.2) is 0 Å². The molecule has 3 heteroatoms. The van der Waals surface area contributed by atoms with Gasteiger partial charge in [0, 0.05) is 44.0 Å². The van der Waals surface area contributed by atoms with E-state index in [1.165, 1.54) is 116 Å². The highest BCUT2D eigenvalue weighted by Gasteiger charge is 2.41. The van der Waals surface area contributed by atoms with E-state index in [1.54, 1.807) is 0 Å². The molecule has 49 heavy (non-hydrogen) atoms. The number of para-hydroxylation sites is 4. The summed E-state index contributed by atoms with van der Waals surface area (Å²) in [6, 6.07) is 46.4. The average molecular weight is 619 g/mol. The first-order valence-corrected chi connectivity index (χ1v) is 17.5. The number of nitrogens with zero attached hydrogens (tertiary/aromatic N) is 2. The minimum atomic E-state index is 0.152. The van der Waals surface area contributed by atoms with Gasteiger partial charge in [-0.2, -0.15) is 0 Å². The standard InChI is InChI=1S/C46H27BN2/c1-3-16-38-31(10-1)34-12-6-14-36-45(34)48(38)40-24-29(30-22-20-28-19-18-26-8-5-9-27-21-23-33(30)43(28)42(26)27)25-41-44(40)47(36)37-15-7-13-35-32-11-2-4-17-39(32)49(41)46(35)37/h1-8,10-22,24-25H,9,23H2. The molecule has 0 bridgehead atoms. The lowest BCUT2D eigenvalue weighted by Crippen LogP contribution is -2.59. The Balaban J connectivity index is 1.23. The second-order valence-corrected chi connectivity index (χ2v) is 14.3. The van der Waals surface area contributed by atoms with E-state index in [4.69, 9.17) is 0 Å². The van der Waals surface area contributed by atoms with Gasteiger partial charge in [0.1, 0.15) is 0 Å². The summed E-state index contributed by atoms with van der Waals surface area (Å²) in [7, 11) is 0. The van der Waals surface area contributed by atoms with Gasteiger partial charge in [0.05, 0.1) is 11.0 Å². The van der Waals surface area contributed by atoms with Gasteiger partial charge in [0.15, 0.2) is 0 Å². The van der Waals surface area contributed by atoms with Crippen LogP contribution in [0, 0.1) is 0 Å². The molecule has 0 unspecified atom stereocenters. The third-order valence-electron chi connectivity index (χ3n) is 12.1. The molecule has 0 radical (unpaired) electrons. The molecule has 13 rings (SSSR count). The second-order valence-electron chi connectivity index (χ2n) is 14.3. The quantitative estimate of drug-likeness (QED) is 0.162. The van der Waals surface area contributed by atoms with Crippen LogP contribution in [0.4, 0.5) is 0 Å². The molecule has 2 aromatic heterocycles. The monoisotopic (exact) mass is 618 g/mol. The molecule has 7 aromatic carbocycles. The van der Waals surface area contributed by atoms with E-state index in [-0.39, 0.29) is 6.71 Å². The van der Waals surface area contributed by atoms with Crippen LogP contribution in [0.15, 0.2) is 133 Å². The van der Waals surface area contributed by atoms with Crippen molar-refractivity contribution in [3.63, 3.8) is 0 Å². The van der Waals surface area contributed by atoms with E-state index in [0.29, 0.717) is 0 Å². The fourth-order valence-corrected chi connectivity index (χ4v) is 10.3. The zero-order valence-electron chi connectivity index (χ0n) is 26.7. The van der Waals surface area contributed by atoms with Gasteiger partial charge < -0.3 is 9.13 Å². The highest BCUT2D eigenvalue weighted by atomic mass is 15.0. The van der Waals surface area contributed by atoms with Crippen LogP contribution in [-0.4, -0.2) is 15.8 Å². The number of hydrogen-bond donors (Lipinski definition) is 0. The van der Waals surface area contributed by atoms with E-state index < -0.39 is 0 Å². The number of fused-ring (bicyclic) bond motifs is 10. The molecule has 0 spiro atoms. The Morgan fingerprint density at radius 2 is 1.20 bits per heavy atom. The third kappa shape index (κ3) is 2.86. The summed E-state index contributed by atoms with van der Waals surface area (Å²) in [5.41, 5.74) is 20.4. The maximum atomic E-state index is 2.59. The van der Waals surface area contributed by atoms with Crippen molar-refractivity contribution in [1.82, 2.24) is 9.13 Å². The summed E-state index contributed by atoms with van der Waals surface area (Å²) >= 11 is 0. The number of benzene rings is 7. The zero-order valence-corrected chi connectivity index (χ0v) is 26.7. The van der Waals surface area contributed by atoms with E-state index in [0.717, 1.165) is 12.8 Å². The van der Waals surface area contributed by atoms with Crippen molar-refractivity contribution in [2.24, 2.45) is 0 Å². The SMILES string of the molecule is C1=Cc2ccc3ccc(-c4cc5c6c(c4)-n4c7ccccc7c7cccc(c74)B6c4cccc6c7ccccc7n-5c46)c4c3c2C(=CC4)C1. The van der Waals surface area contributed by atoms with Crippen LogP contribution in [0.3, 0.4) is 0 Å². The molecule has 4 aliphatic rings. The lowest BCUT2D eigenvalue weighted by atomic mass is 9.34. The predicted octanol–water partition coefficient (Wildman–Crippen LogP) is 9.20. The number of rotatable bonds is 1. The Morgan fingerprint density at radius 1 is 0.571 bits per heavy atom. The van der Waals surface area contributed by atoms with E-state index >= 15 is 0 Å². The van der Waals surface area contributed by atoms with Gasteiger partial charge in [-0.3, -0.25) is 0 Å². The van der Waals surface area contributed by atoms with E-state index in [9.17, 15) is 0 Å². The van der Waals surface area contributed by atoms with Crippen molar-refractivity contribution in [1.29, 1.82) is 0 Å². The van der Waals surface area contributed by atoms with Gasteiger partial charge in [-0.15, -0.1) is 0 Å². The fourth-order valence-electron chi connectivity index (χ4n) is 10.3. The van der Waals surface area contributed by atoms with Crippen molar-refractivity contribution in [3.05, 3.63) is 150 Å². The highest BCUT2D eigenvalue weighted by molar-refractivity contribution is 7.00. The van der Waals surface area contributed by atoms with Crippen molar-refractivity contribution in [2.45, 2.75) is 12.8 Å². The highest BCUT2D eigenvalue weighted by Crippen LogP contribution is 2.45. The minimum Gasteiger partial charge on any atom is -0.310 e. The van der Waals surface area contributed by atoms with Gasteiger partial charge in [-0.05, 0) is 97.7 Å². The van der Waals surface area contributed by atoms with Gasteiger partial charge >= 0.3 is 0 Å². The molecule has 4 heterocycles. The van der Waals surface area contributed by atoms with Crippen molar-refractivity contribution < 1.29 is 0 Å². The van der Waals surface area contributed by atoms with Crippen LogP contribution < -0.4 is 16.4 Å². The molecule has 2 nitrogen and oxygen atoms in total. The van der Waals surface area contributed by atoms with Crippen LogP contribution in [0.25, 0.3) is 88.5 Å². The lowest BCUT2D eigenvalue weighted by Gasteiger charge is -2.34. The van der Waals surface area contributed by atoms with Crippen molar-refractivity contribution >= 4 is 89.1 Å². The van der Waals surface area contributed by atoms with E-state index in [1.807, 2.05) is 0 Å².